The largest absolute Gasteiger partial charge is 0.463 e. The van der Waals surface area contributed by atoms with Crippen LogP contribution in [0, 0.1) is 0 Å². The van der Waals surface area contributed by atoms with Crippen molar-refractivity contribution in [1.29, 1.82) is 0 Å². The number of H-pyrrole nitrogens is 1. The fourth-order valence-electron chi connectivity index (χ4n) is 2.94. The number of likely N-dealkylation sites (tertiary alicyclic amines) is 1. The Labute approximate surface area is 150 Å². The van der Waals surface area contributed by atoms with Crippen LogP contribution in [0.15, 0.2) is 28.9 Å². The molecule has 9 nitrogen and oxygen atoms in total. The molecule has 0 saturated carbocycles. The standard InChI is InChI=1S/C16H20N4O5S/c1-17-15(21)10-26(23,24)11-4-6-20(7-5-11)16(22)13-9-12(18-19-13)14-3-2-8-25-14/h2-3,8-9,11H,4-7,10H2,1H3,(H,17,21)(H,18,19). The Hall–Kier alpha value is -2.62. The number of carbonyl (C=O) groups is 2. The van der Waals surface area contributed by atoms with E-state index in [2.05, 4.69) is 15.5 Å². The van der Waals surface area contributed by atoms with Crippen LogP contribution >= 0.6 is 0 Å². The lowest BCUT2D eigenvalue weighted by Crippen LogP contribution is -2.44. The van der Waals surface area contributed by atoms with Crippen molar-refractivity contribution in [2.24, 2.45) is 0 Å². The van der Waals surface area contributed by atoms with Crippen molar-refractivity contribution < 1.29 is 22.4 Å². The summed E-state index contributed by atoms with van der Waals surface area (Å²) in [6.45, 7) is 0.610. The van der Waals surface area contributed by atoms with Crippen LogP contribution in [0.1, 0.15) is 23.3 Å². The van der Waals surface area contributed by atoms with Crippen LogP contribution < -0.4 is 5.32 Å². The minimum absolute atomic E-state index is 0.253. The van der Waals surface area contributed by atoms with Gasteiger partial charge in [0.05, 0.1) is 11.5 Å². The van der Waals surface area contributed by atoms with Crippen LogP contribution in [0.3, 0.4) is 0 Å². The number of nitrogens with zero attached hydrogens (tertiary/aromatic N) is 2. The zero-order valence-corrected chi connectivity index (χ0v) is 15.1. The van der Waals surface area contributed by atoms with Gasteiger partial charge in [-0.05, 0) is 25.0 Å². The van der Waals surface area contributed by atoms with Crippen LogP contribution in [0.4, 0.5) is 0 Å². The number of piperidine rings is 1. The van der Waals surface area contributed by atoms with Crippen LogP contribution in [-0.2, 0) is 14.6 Å². The highest BCUT2D eigenvalue weighted by Crippen LogP contribution is 2.22. The van der Waals surface area contributed by atoms with Crippen molar-refractivity contribution in [2.45, 2.75) is 18.1 Å². The molecule has 0 radical (unpaired) electrons. The fraction of sp³-hybridized carbons (Fsp3) is 0.438. The Kier molecular flexibility index (Phi) is 5.12. The third-order valence-corrected chi connectivity index (χ3v) is 6.58. The van der Waals surface area contributed by atoms with Gasteiger partial charge in [-0.3, -0.25) is 14.7 Å². The number of aromatic nitrogens is 2. The molecule has 2 N–H and O–H groups in total. The normalized spacial score (nSPS) is 15.8. The van der Waals surface area contributed by atoms with Gasteiger partial charge in [-0.15, -0.1) is 0 Å². The molecule has 140 valence electrons. The van der Waals surface area contributed by atoms with Gasteiger partial charge in [0, 0.05) is 26.2 Å². The zero-order valence-electron chi connectivity index (χ0n) is 14.3. The minimum Gasteiger partial charge on any atom is -0.463 e. The van der Waals surface area contributed by atoms with E-state index in [0.717, 1.165) is 0 Å². The molecule has 2 aromatic rings. The van der Waals surface area contributed by atoms with Crippen LogP contribution in [0.2, 0.25) is 0 Å². The molecule has 3 heterocycles. The predicted octanol–water partition coefficient (Wildman–Crippen LogP) is 0.435. The number of hydrogen-bond donors (Lipinski definition) is 2. The fourth-order valence-corrected chi connectivity index (χ4v) is 4.62. The van der Waals surface area contributed by atoms with Gasteiger partial charge in [-0.25, -0.2) is 8.42 Å². The number of amides is 2. The lowest BCUT2D eigenvalue weighted by Gasteiger charge is -2.31. The van der Waals surface area contributed by atoms with Gasteiger partial charge >= 0.3 is 0 Å². The molecular formula is C16H20N4O5S. The van der Waals surface area contributed by atoms with E-state index in [9.17, 15) is 18.0 Å². The number of sulfone groups is 1. The van der Waals surface area contributed by atoms with Crippen molar-refractivity contribution in [3.05, 3.63) is 30.2 Å². The maximum Gasteiger partial charge on any atom is 0.274 e. The number of nitrogens with one attached hydrogen (secondary N) is 2. The predicted molar refractivity (Wildman–Crippen MR) is 93.1 cm³/mol. The molecule has 1 saturated heterocycles. The number of carbonyl (C=O) groups excluding carboxylic acids is 2. The topological polar surface area (TPSA) is 125 Å². The van der Waals surface area contributed by atoms with Gasteiger partial charge in [-0.2, -0.15) is 5.10 Å². The summed E-state index contributed by atoms with van der Waals surface area (Å²) in [5.74, 6) is -0.726. The molecule has 2 amide bonds. The highest BCUT2D eigenvalue weighted by Gasteiger charge is 2.33. The molecular weight excluding hydrogens is 360 g/mol. The second-order valence-electron chi connectivity index (χ2n) is 6.12. The summed E-state index contributed by atoms with van der Waals surface area (Å²) < 4.78 is 29.7. The summed E-state index contributed by atoms with van der Waals surface area (Å²) in [6, 6.07) is 5.10. The molecule has 26 heavy (non-hydrogen) atoms. The second kappa shape index (κ2) is 7.32. The third kappa shape index (κ3) is 3.79. The number of rotatable bonds is 5. The van der Waals surface area contributed by atoms with Crippen molar-refractivity contribution in [2.75, 3.05) is 25.9 Å². The van der Waals surface area contributed by atoms with Crippen molar-refractivity contribution in [3.8, 4) is 11.5 Å². The molecule has 0 aliphatic carbocycles. The summed E-state index contributed by atoms with van der Waals surface area (Å²) in [5.41, 5.74) is 0.851. The van der Waals surface area contributed by atoms with Crippen molar-refractivity contribution in [1.82, 2.24) is 20.4 Å². The van der Waals surface area contributed by atoms with Gasteiger partial charge in [0.25, 0.3) is 5.91 Å². The Balaban J connectivity index is 1.61. The van der Waals surface area contributed by atoms with E-state index in [-0.39, 0.29) is 11.6 Å². The van der Waals surface area contributed by atoms with E-state index >= 15 is 0 Å². The summed E-state index contributed by atoms with van der Waals surface area (Å²) in [6.07, 6.45) is 2.14. The lowest BCUT2D eigenvalue weighted by atomic mass is 10.1. The lowest BCUT2D eigenvalue weighted by molar-refractivity contribution is -0.118. The summed E-state index contributed by atoms with van der Waals surface area (Å²) >= 11 is 0. The summed E-state index contributed by atoms with van der Waals surface area (Å²) in [4.78, 5) is 25.5. The highest BCUT2D eigenvalue weighted by atomic mass is 32.2. The maximum absolute atomic E-state index is 12.6. The smallest absolute Gasteiger partial charge is 0.274 e. The quantitative estimate of drug-likeness (QED) is 0.775. The second-order valence-corrected chi connectivity index (χ2v) is 8.40. The van der Waals surface area contributed by atoms with E-state index in [1.165, 1.54) is 13.3 Å². The SMILES string of the molecule is CNC(=O)CS(=O)(=O)C1CCN(C(=O)c2cc(-c3ccco3)[nH]n2)CC1. The summed E-state index contributed by atoms with van der Waals surface area (Å²) in [5, 5.41) is 8.49. The minimum atomic E-state index is -3.52. The molecule has 1 fully saturated rings. The molecule has 3 rings (SSSR count). The summed E-state index contributed by atoms with van der Waals surface area (Å²) in [7, 11) is -2.12. The first kappa shape index (κ1) is 18.2. The molecule has 2 aromatic heterocycles. The first-order valence-electron chi connectivity index (χ1n) is 8.21. The Morgan fingerprint density at radius 3 is 2.73 bits per heavy atom. The maximum atomic E-state index is 12.6. The molecule has 0 bridgehead atoms. The van der Waals surface area contributed by atoms with Crippen LogP contribution in [0.25, 0.3) is 11.5 Å². The number of furan rings is 1. The molecule has 1 aliphatic heterocycles. The zero-order chi connectivity index (χ0) is 18.7. The number of hydrogen-bond acceptors (Lipinski definition) is 6. The van der Waals surface area contributed by atoms with E-state index in [0.29, 0.717) is 37.4 Å². The molecule has 0 atom stereocenters. The molecule has 0 unspecified atom stereocenters. The van der Waals surface area contributed by atoms with Gasteiger partial charge in [0.1, 0.15) is 11.4 Å². The first-order chi connectivity index (χ1) is 12.4. The van der Waals surface area contributed by atoms with Crippen molar-refractivity contribution in [3.63, 3.8) is 0 Å². The van der Waals surface area contributed by atoms with Crippen LogP contribution in [0.5, 0.6) is 0 Å². The van der Waals surface area contributed by atoms with Crippen molar-refractivity contribution >= 4 is 21.7 Å². The average Bonchev–Trinajstić information content (AvgIpc) is 3.32. The van der Waals surface area contributed by atoms with E-state index in [1.54, 1.807) is 23.1 Å². The first-order valence-corrected chi connectivity index (χ1v) is 9.93. The van der Waals surface area contributed by atoms with E-state index in [1.807, 2.05) is 0 Å². The van der Waals surface area contributed by atoms with Crippen LogP contribution in [-0.4, -0.2) is 66.5 Å². The van der Waals surface area contributed by atoms with E-state index < -0.39 is 26.7 Å². The van der Waals surface area contributed by atoms with Gasteiger partial charge in [-0.1, -0.05) is 0 Å². The Morgan fingerprint density at radius 1 is 1.38 bits per heavy atom. The average molecular weight is 380 g/mol. The Morgan fingerprint density at radius 2 is 2.12 bits per heavy atom. The van der Waals surface area contributed by atoms with Gasteiger partial charge < -0.3 is 14.6 Å². The molecule has 10 heteroatoms. The molecule has 0 aromatic carbocycles. The van der Waals surface area contributed by atoms with Gasteiger partial charge in [0.2, 0.25) is 5.91 Å². The molecule has 0 spiro atoms. The molecule has 1 aliphatic rings. The third-order valence-electron chi connectivity index (χ3n) is 4.43. The number of aromatic amines is 1. The van der Waals surface area contributed by atoms with E-state index in [4.69, 9.17) is 4.42 Å². The van der Waals surface area contributed by atoms with Gasteiger partial charge in [0.15, 0.2) is 21.3 Å². The monoisotopic (exact) mass is 380 g/mol. The Bertz CT molecular complexity index is 880. The highest BCUT2D eigenvalue weighted by molar-refractivity contribution is 7.92.